The molecule has 0 aliphatic heterocycles. The molecule has 0 aliphatic carbocycles. The molecular weight excluding hydrogens is 426 g/mol. The maximum absolute atomic E-state index is 5.56. The van der Waals surface area contributed by atoms with Gasteiger partial charge in [-0.2, -0.15) is 0 Å². The Bertz CT molecular complexity index is 364. The molecule has 0 spiro atoms. The van der Waals surface area contributed by atoms with Crippen molar-refractivity contribution in [1.29, 1.82) is 0 Å². The quantitative estimate of drug-likeness (QED) is 0.124. The Morgan fingerprint density at radius 2 is 0.903 bits per heavy atom. The van der Waals surface area contributed by atoms with Crippen molar-refractivity contribution in [2.24, 2.45) is 0 Å². The molecule has 4 nitrogen and oxygen atoms in total. The van der Waals surface area contributed by atoms with E-state index < -0.39 is 8.80 Å². The first-order valence-corrected chi connectivity index (χ1v) is 14.9. The summed E-state index contributed by atoms with van der Waals surface area (Å²) in [5.74, 6) is 0. The molecule has 0 aromatic rings. The largest absolute Gasteiger partial charge is 1.00 e. The molecule has 0 aromatic carbocycles. The molecule has 1 atom stereocenters. The van der Waals surface area contributed by atoms with Gasteiger partial charge < -0.3 is 30.2 Å². The van der Waals surface area contributed by atoms with Crippen molar-refractivity contribution in [3.05, 3.63) is 0 Å². The average Bonchev–Trinajstić information content (AvgIpc) is 2.77. The van der Waals surface area contributed by atoms with Crippen LogP contribution in [0.5, 0.6) is 0 Å². The molecule has 31 heavy (non-hydrogen) atoms. The van der Waals surface area contributed by atoms with Crippen LogP contribution in [0.1, 0.15) is 110 Å². The SMILES string of the molecule is CCCCCCCCCCCCCCCC[N+](C)(CC)CCC[Si](OC)(OC)OC.[Cl-]. The zero-order valence-corrected chi connectivity index (χ0v) is 23.7. The Labute approximate surface area is 203 Å². The second-order valence-electron chi connectivity index (χ2n) is 9.38. The standard InChI is InChI=1S/C25H56NO3Si.ClH/c1-7-9-10-11-12-13-14-15-16-17-18-19-20-21-23-26(3,8-2)24-22-25-30(27-4,28-5)29-6;/h7-25H2,1-6H3;1H/q+1;/p-1. The van der Waals surface area contributed by atoms with Crippen LogP contribution in [-0.2, 0) is 13.3 Å². The number of unbranched alkanes of at least 4 members (excludes halogenated alkanes) is 13. The van der Waals surface area contributed by atoms with Gasteiger partial charge in [0.05, 0.1) is 26.7 Å². The van der Waals surface area contributed by atoms with E-state index in [1.54, 1.807) is 21.3 Å². The minimum atomic E-state index is -2.41. The zero-order chi connectivity index (χ0) is 22.6. The molecule has 0 rings (SSSR count). The Hall–Kier alpha value is 0.347. The van der Waals surface area contributed by atoms with Gasteiger partial charge in [0.25, 0.3) is 0 Å². The summed E-state index contributed by atoms with van der Waals surface area (Å²) in [6.45, 7) is 8.27. The van der Waals surface area contributed by atoms with E-state index in [0.29, 0.717) is 0 Å². The van der Waals surface area contributed by atoms with E-state index in [0.717, 1.165) is 16.9 Å². The molecule has 0 radical (unpaired) electrons. The third-order valence-electron chi connectivity index (χ3n) is 6.93. The summed E-state index contributed by atoms with van der Waals surface area (Å²) in [4.78, 5) is 0. The highest BCUT2D eigenvalue weighted by atomic mass is 35.5. The second kappa shape index (κ2) is 22.2. The van der Waals surface area contributed by atoms with Crippen LogP contribution in [0.4, 0.5) is 0 Å². The highest BCUT2D eigenvalue weighted by Crippen LogP contribution is 2.18. The van der Waals surface area contributed by atoms with Crippen LogP contribution in [0, 0.1) is 0 Å². The minimum absolute atomic E-state index is 0. The van der Waals surface area contributed by atoms with Crippen LogP contribution in [0.3, 0.4) is 0 Å². The Morgan fingerprint density at radius 1 is 0.548 bits per heavy atom. The van der Waals surface area contributed by atoms with Crippen molar-refractivity contribution in [3.63, 3.8) is 0 Å². The monoisotopic (exact) mass is 481 g/mol. The Kier molecular flexibility index (Phi) is 24.0. The number of halogens is 1. The first-order chi connectivity index (χ1) is 14.5. The van der Waals surface area contributed by atoms with Gasteiger partial charge in [0.2, 0.25) is 0 Å². The van der Waals surface area contributed by atoms with Crippen LogP contribution in [0.25, 0.3) is 0 Å². The Balaban J connectivity index is 0. The molecule has 0 heterocycles. The van der Waals surface area contributed by atoms with E-state index in [2.05, 4.69) is 20.9 Å². The number of quaternary nitrogens is 1. The van der Waals surface area contributed by atoms with Gasteiger partial charge in [0.15, 0.2) is 0 Å². The van der Waals surface area contributed by atoms with Crippen molar-refractivity contribution in [2.75, 3.05) is 48.0 Å². The highest BCUT2D eigenvalue weighted by molar-refractivity contribution is 6.60. The molecule has 190 valence electrons. The van der Waals surface area contributed by atoms with Gasteiger partial charge in [0, 0.05) is 33.8 Å². The van der Waals surface area contributed by atoms with Gasteiger partial charge in [-0.05, 0) is 19.8 Å². The topological polar surface area (TPSA) is 27.7 Å². The molecule has 0 bridgehead atoms. The van der Waals surface area contributed by atoms with Crippen LogP contribution in [0.2, 0.25) is 6.04 Å². The van der Waals surface area contributed by atoms with Crippen molar-refractivity contribution in [1.82, 2.24) is 0 Å². The summed E-state index contributed by atoms with van der Waals surface area (Å²) >= 11 is 0. The van der Waals surface area contributed by atoms with E-state index in [4.69, 9.17) is 13.3 Å². The number of hydrogen-bond donors (Lipinski definition) is 0. The normalized spacial score (nSPS) is 13.7. The van der Waals surface area contributed by atoms with Crippen LogP contribution in [0.15, 0.2) is 0 Å². The number of nitrogens with zero attached hydrogens (tertiary/aromatic N) is 1. The first kappa shape index (κ1) is 33.5. The number of hydrogen-bond acceptors (Lipinski definition) is 3. The molecule has 6 heteroatoms. The van der Waals surface area contributed by atoms with Gasteiger partial charge in [-0.3, -0.25) is 0 Å². The van der Waals surface area contributed by atoms with Crippen LogP contribution < -0.4 is 12.4 Å². The predicted octanol–water partition coefficient (Wildman–Crippen LogP) is 4.21. The molecule has 0 saturated heterocycles. The lowest BCUT2D eigenvalue weighted by molar-refractivity contribution is -0.908. The maximum Gasteiger partial charge on any atom is 0.500 e. The van der Waals surface area contributed by atoms with Crippen molar-refractivity contribution in [3.8, 4) is 0 Å². The molecule has 0 amide bonds. The second-order valence-corrected chi connectivity index (χ2v) is 12.5. The lowest BCUT2D eigenvalue weighted by Crippen LogP contribution is -3.00. The van der Waals surface area contributed by atoms with Gasteiger partial charge in [-0.15, -0.1) is 0 Å². The molecule has 0 saturated carbocycles. The number of rotatable bonds is 23. The highest BCUT2D eigenvalue weighted by Gasteiger charge is 2.38. The summed E-state index contributed by atoms with van der Waals surface area (Å²) in [5.41, 5.74) is 0. The fourth-order valence-corrected chi connectivity index (χ4v) is 6.05. The zero-order valence-electron chi connectivity index (χ0n) is 22.0. The third-order valence-corrected chi connectivity index (χ3v) is 9.76. The average molecular weight is 482 g/mol. The lowest BCUT2D eigenvalue weighted by atomic mass is 10.0. The lowest BCUT2D eigenvalue weighted by Gasteiger charge is -2.34. The third kappa shape index (κ3) is 17.5. The summed E-state index contributed by atoms with van der Waals surface area (Å²) < 4.78 is 17.8. The molecule has 0 N–H and O–H groups in total. The smallest absolute Gasteiger partial charge is 0.500 e. The molecule has 1 unspecified atom stereocenters. The van der Waals surface area contributed by atoms with Gasteiger partial charge in [0.1, 0.15) is 0 Å². The van der Waals surface area contributed by atoms with Crippen LogP contribution in [-0.4, -0.2) is 61.3 Å². The van der Waals surface area contributed by atoms with Crippen LogP contribution >= 0.6 is 0 Å². The van der Waals surface area contributed by atoms with Crippen molar-refractivity contribution >= 4 is 8.80 Å². The fraction of sp³-hybridized carbons (Fsp3) is 1.00. The van der Waals surface area contributed by atoms with Gasteiger partial charge >= 0.3 is 8.80 Å². The Morgan fingerprint density at radius 3 is 1.26 bits per heavy atom. The summed E-state index contributed by atoms with van der Waals surface area (Å²) in [5, 5.41) is 0. The minimum Gasteiger partial charge on any atom is -1.00 e. The fourth-order valence-electron chi connectivity index (χ4n) is 4.35. The van der Waals surface area contributed by atoms with E-state index in [1.165, 1.54) is 110 Å². The molecule has 0 aromatic heterocycles. The molecular formula is C25H56ClNO3Si. The van der Waals surface area contributed by atoms with E-state index in [-0.39, 0.29) is 12.4 Å². The van der Waals surface area contributed by atoms with Gasteiger partial charge in [-0.1, -0.05) is 84.0 Å². The van der Waals surface area contributed by atoms with E-state index in [9.17, 15) is 0 Å². The molecule has 0 aliphatic rings. The summed E-state index contributed by atoms with van der Waals surface area (Å²) in [7, 11) is 5.12. The van der Waals surface area contributed by atoms with E-state index in [1.807, 2.05) is 0 Å². The van der Waals surface area contributed by atoms with Gasteiger partial charge in [-0.25, -0.2) is 0 Å². The van der Waals surface area contributed by atoms with Crippen molar-refractivity contribution < 1.29 is 30.2 Å². The predicted molar refractivity (Wildman–Crippen MR) is 133 cm³/mol. The summed E-state index contributed by atoms with van der Waals surface area (Å²) in [6.07, 6.45) is 21.1. The maximum atomic E-state index is 5.56. The first-order valence-electron chi connectivity index (χ1n) is 13.0. The summed E-state index contributed by atoms with van der Waals surface area (Å²) in [6, 6.07) is 0.906. The molecule has 0 fully saturated rings. The van der Waals surface area contributed by atoms with E-state index >= 15 is 0 Å². The van der Waals surface area contributed by atoms with Crippen molar-refractivity contribution in [2.45, 2.75) is 116 Å².